The van der Waals surface area contributed by atoms with Crippen molar-refractivity contribution < 1.29 is 4.74 Å². The lowest BCUT2D eigenvalue weighted by molar-refractivity contribution is 0.414. The molecule has 3 nitrogen and oxygen atoms in total. The Morgan fingerprint density at radius 1 is 1.10 bits per heavy atom. The van der Waals surface area contributed by atoms with Gasteiger partial charge in [-0.05, 0) is 29.3 Å². The Kier molecular flexibility index (Phi) is 4.95. The van der Waals surface area contributed by atoms with Crippen LogP contribution in [-0.4, -0.2) is 12.9 Å². The molecule has 102 valence electrons. The Labute approximate surface area is 119 Å². The highest BCUT2D eigenvalue weighted by molar-refractivity contribution is 5.95. The topological polar surface area (TPSA) is 47.6 Å². The zero-order chi connectivity index (χ0) is 14.2. The molecular formula is C17H18N2O. The van der Waals surface area contributed by atoms with Crippen molar-refractivity contribution in [3.05, 3.63) is 71.8 Å². The summed E-state index contributed by atoms with van der Waals surface area (Å²) >= 11 is 0. The smallest absolute Gasteiger partial charge is 0.118 e. The van der Waals surface area contributed by atoms with Gasteiger partial charge in [-0.25, -0.2) is 0 Å². The minimum atomic E-state index is 0.518. The number of ether oxygens (including phenoxy) is 1. The molecule has 2 N–H and O–H groups in total. The maximum absolute atomic E-state index is 5.86. The molecule has 2 aromatic carbocycles. The molecule has 20 heavy (non-hydrogen) atoms. The third-order valence-electron chi connectivity index (χ3n) is 2.85. The average Bonchev–Trinajstić information content (AvgIpc) is 2.52. The van der Waals surface area contributed by atoms with E-state index in [0.29, 0.717) is 12.4 Å². The van der Waals surface area contributed by atoms with Crippen molar-refractivity contribution in [1.82, 2.24) is 0 Å². The SMILES string of the molecule is COc1ccc(CN=C(N)C=Cc2ccccc2)cc1. The fourth-order valence-electron chi connectivity index (χ4n) is 1.71. The number of amidine groups is 1. The zero-order valence-electron chi connectivity index (χ0n) is 11.5. The van der Waals surface area contributed by atoms with Crippen LogP contribution in [0, 0.1) is 0 Å². The van der Waals surface area contributed by atoms with E-state index in [0.717, 1.165) is 16.9 Å². The van der Waals surface area contributed by atoms with E-state index in [1.54, 1.807) is 7.11 Å². The van der Waals surface area contributed by atoms with Crippen LogP contribution < -0.4 is 10.5 Å². The molecule has 0 heterocycles. The first-order valence-electron chi connectivity index (χ1n) is 6.44. The molecule has 2 rings (SSSR count). The van der Waals surface area contributed by atoms with Crippen LogP contribution in [0.15, 0.2) is 65.7 Å². The minimum absolute atomic E-state index is 0.518. The van der Waals surface area contributed by atoms with Crippen LogP contribution in [-0.2, 0) is 6.54 Å². The van der Waals surface area contributed by atoms with Crippen molar-refractivity contribution >= 4 is 11.9 Å². The number of benzene rings is 2. The van der Waals surface area contributed by atoms with E-state index in [-0.39, 0.29) is 0 Å². The summed E-state index contributed by atoms with van der Waals surface area (Å²) in [5, 5.41) is 0. The summed E-state index contributed by atoms with van der Waals surface area (Å²) in [6.45, 7) is 0.564. The molecule has 0 spiro atoms. The first kappa shape index (κ1) is 13.9. The molecule has 0 saturated carbocycles. The highest BCUT2D eigenvalue weighted by atomic mass is 16.5. The molecule has 0 aromatic heterocycles. The lowest BCUT2D eigenvalue weighted by atomic mass is 10.2. The Morgan fingerprint density at radius 2 is 1.80 bits per heavy atom. The highest BCUT2D eigenvalue weighted by Crippen LogP contribution is 2.11. The normalized spacial score (nSPS) is 11.8. The standard InChI is InChI=1S/C17H18N2O/c1-20-16-10-7-15(8-11-16)13-19-17(18)12-9-14-5-3-2-4-6-14/h2-12H,13H2,1H3,(H2,18,19). The van der Waals surface area contributed by atoms with Crippen LogP contribution >= 0.6 is 0 Å². The molecule has 0 bridgehead atoms. The predicted octanol–water partition coefficient (Wildman–Crippen LogP) is 3.27. The van der Waals surface area contributed by atoms with Gasteiger partial charge in [0.05, 0.1) is 13.7 Å². The molecule has 0 saturated heterocycles. The molecule has 0 aliphatic carbocycles. The Morgan fingerprint density at radius 3 is 2.45 bits per heavy atom. The predicted molar refractivity (Wildman–Crippen MR) is 83.8 cm³/mol. The molecule has 0 aliphatic rings. The monoisotopic (exact) mass is 266 g/mol. The van der Waals surface area contributed by atoms with Crippen LogP contribution in [0.3, 0.4) is 0 Å². The van der Waals surface area contributed by atoms with Crippen molar-refractivity contribution in [2.45, 2.75) is 6.54 Å². The largest absolute Gasteiger partial charge is 0.497 e. The zero-order valence-corrected chi connectivity index (χ0v) is 11.5. The molecule has 0 radical (unpaired) electrons. The molecular weight excluding hydrogens is 248 g/mol. The Hall–Kier alpha value is -2.55. The van der Waals surface area contributed by atoms with Gasteiger partial charge in [-0.15, -0.1) is 0 Å². The van der Waals surface area contributed by atoms with E-state index in [4.69, 9.17) is 10.5 Å². The summed E-state index contributed by atoms with van der Waals surface area (Å²) in [6.07, 6.45) is 3.77. The van der Waals surface area contributed by atoms with E-state index in [2.05, 4.69) is 4.99 Å². The average molecular weight is 266 g/mol. The van der Waals surface area contributed by atoms with Gasteiger partial charge in [0.2, 0.25) is 0 Å². The number of nitrogens with two attached hydrogens (primary N) is 1. The van der Waals surface area contributed by atoms with E-state index >= 15 is 0 Å². The van der Waals surface area contributed by atoms with Crippen molar-refractivity contribution in [2.75, 3.05) is 7.11 Å². The van der Waals surface area contributed by atoms with E-state index in [1.807, 2.05) is 66.7 Å². The summed E-state index contributed by atoms with van der Waals surface area (Å²) in [5.41, 5.74) is 8.07. The Bertz CT molecular complexity index is 586. The van der Waals surface area contributed by atoms with Gasteiger partial charge in [0.25, 0.3) is 0 Å². The maximum atomic E-state index is 5.86. The van der Waals surface area contributed by atoms with Crippen LogP contribution in [0.2, 0.25) is 0 Å². The molecule has 0 fully saturated rings. The van der Waals surface area contributed by atoms with Gasteiger partial charge in [-0.2, -0.15) is 0 Å². The van der Waals surface area contributed by atoms with Gasteiger partial charge in [0.1, 0.15) is 11.6 Å². The quantitative estimate of drug-likeness (QED) is 0.667. The van der Waals surface area contributed by atoms with E-state index in [9.17, 15) is 0 Å². The second-order valence-electron chi connectivity index (χ2n) is 4.33. The van der Waals surface area contributed by atoms with Crippen molar-refractivity contribution in [3.63, 3.8) is 0 Å². The van der Waals surface area contributed by atoms with E-state index < -0.39 is 0 Å². The fourth-order valence-corrected chi connectivity index (χ4v) is 1.71. The highest BCUT2D eigenvalue weighted by Gasteiger charge is 1.93. The van der Waals surface area contributed by atoms with Crippen LogP contribution in [0.1, 0.15) is 11.1 Å². The summed E-state index contributed by atoms with van der Waals surface area (Å²) in [6, 6.07) is 17.8. The lowest BCUT2D eigenvalue weighted by Crippen LogP contribution is -2.07. The number of hydrogen-bond acceptors (Lipinski definition) is 2. The number of aliphatic imine (C=N–C) groups is 1. The molecule has 0 amide bonds. The third-order valence-corrected chi connectivity index (χ3v) is 2.85. The van der Waals surface area contributed by atoms with Gasteiger partial charge in [0, 0.05) is 0 Å². The van der Waals surface area contributed by atoms with Gasteiger partial charge >= 0.3 is 0 Å². The second-order valence-corrected chi connectivity index (χ2v) is 4.33. The lowest BCUT2D eigenvalue weighted by Gasteiger charge is -2.01. The molecule has 2 aromatic rings. The molecule has 3 heteroatoms. The van der Waals surface area contributed by atoms with Crippen molar-refractivity contribution in [1.29, 1.82) is 0 Å². The van der Waals surface area contributed by atoms with Crippen LogP contribution in [0.25, 0.3) is 6.08 Å². The van der Waals surface area contributed by atoms with Crippen molar-refractivity contribution in [2.24, 2.45) is 10.7 Å². The van der Waals surface area contributed by atoms with Crippen molar-refractivity contribution in [3.8, 4) is 5.75 Å². The summed E-state index contributed by atoms with van der Waals surface area (Å²) < 4.78 is 5.11. The first-order valence-corrected chi connectivity index (χ1v) is 6.44. The van der Waals surface area contributed by atoms with Gasteiger partial charge in [0.15, 0.2) is 0 Å². The molecule has 0 unspecified atom stereocenters. The van der Waals surface area contributed by atoms with Gasteiger partial charge in [-0.1, -0.05) is 48.5 Å². The number of methoxy groups -OCH3 is 1. The summed E-state index contributed by atoms with van der Waals surface area (Å²) in [4.78, 5) is 4.33. The van der Waals surface area contributed by atoms with E-state index in [1.165, 1.54) is 0 Å². The van der Waals surface area contributed by atoms with Crippen LogP contribution in [0.4, 0.5) is 0 Å². The molecule has 0 atom stereocenters. The Balaban J connectivity index is 1.95. The fraction of sp³-hybridized carbons (Fsp3) is 0.118. The molecule has 0 aliphatic heterocycles. The summed E-state index contributed by atoms with van der Waals surface area (Å²) in [7, 11) is 1.65. The maximum Gasteiger partial charge on any atom is 0.118 e. The minimum Gasteiger partial charge on any atom is -0.497 e. The van der Waals surface area contributed by atoms with Gasteiger partial charge < -0.3 is 10.5 Å². The third kappa shape index (κ3) is 4.28. The number of nitrogens with zero attached hydrogens (tertiary/aromatic N) is 1. The van der Waals surface area contributed by atoms with Crippen LogP contribution in [0.5, 0.6) is 5.75 Å². The second kappa shape index (κ2) is 7.14. The number of hydrogen-bond donors (Lipinski definition) is 1. The first-order chi connectivity index (χ1) is 9.78. The summed E-state index contributed by atoms with van der Waals surface area (Å²) in [5.74, 6) is 1.36. The van der Waals surface area contributed by atoms with Gasteiger partial charge in [-0.3, -0.25) is 4.99 Å². The number of rotatable bonds is 5.